The van der Waals surface area contributed by atoms with Gasteiger partial charge < -0.3 is 15.3 Å². The molecule has 24 heavy (non-hydrogen) atoms. The highest BCUT2D eigenvalue weighted by Gasteiger charge is 2.36. The lowest BCUT2D eigenvalue weighted by molar-refractivity contribution is -0.127. The van der Waals surface area contributed by atoms with Gasteiger partial charge in [-0.3, -0.25) is 9.59 Å². The number of nitrogens with zero attached hydrogens (tertiary/aromatic N) is 2. The van der Waals surface area contributed by atoms with Crippen molar-refractivity contribution in [3.8, 4) is 0 Å². The smallest absolute Gasteiger partial charge is 0.337 e. The average molecular weight is 345 g/mol. The first-order chi connectivity index (χ1) is 11.5. The van der Waals surface area contributed by atoms with E-state index in [0.717, 1.165) is 4.88 Å². The molecule has 0 saturated carbocycles. The number of aryl methyl sites for hydroxylation is 1. The maximum absolute atomic E-state index is 12.8. The summed E-state index contributed by atoms with van der Waals surface area (Å²) in [6.07, 6.45) is 0. The Morgan fingerprint density at radius 2 is 2.17 bits per heavy atom. The minimum Gasteiger partial charge on any atom is -0.478 e. The second kappa shape index (κ2) is 6.40. The number of rotatable bonds is 3. The third-order valence-corrected chi connectivity index (χ3v) is 4.75. The third-order valence-electron chi connectivity index (χ3n) is 3.82. The molecule has 124 valence electrons. The highest BCUT2D eigenvalue weighted by atomic mass is 32.1. The molecule has 2 aromatic heterocycles. The minimum absolute atomic E-state index is 0.0535. The van der Waals surface area contributed by atoms with Crippen molar-refractivity contribution < 1.29 is 19.5 Å². The van der Waals surface area contributed by atoms with Gasteiger partial charge in [-0.25, -0.2) is 9.78 Å². The molecule has 1 fully saturated rings. The van der Waals surface area contributed by atoms with E-state index in [2.05, 4.69) is 10.3 Å². The van der Waals surface area contributed by atoms with Crippen molar-refractivity contribution in [3.63, 3.8) is 0 Å². The number of carbonyl (C=O) groups excluding carboxylic acids is 2. The van der Waals surface area contributed by atoms with Gasteiger partial charge >= 0.3 is 5.97 Å². The Labute approximate surface area is 141 Å². The highest BCUT2D eigenvalue weighted by molar-refractivity contribution is 7.10. The van der Waals surface area contributed by atoms with E-state index in [9.17, 15) is 14.4 Å². The molecule has 7 nitrogen and oxygen atoms in total. The van der Waals surface area contributed by atoms with Gasteiger partial charge in [-0.05, 0) is 30.5 Å². The van der Waals surface area contributed by atoms with Gasteiger partial charge in [0.15, 0.2) is 0 Å². The van der Waals surface area contributed by atoms with Crippen LogP contribution in [0.15, 0.2) is 29.6 Å². The summed E-state index contributed by atoms with van der Waals surface area (Å²) >= 11 is 1.41. The number of piperazine rings is 1. The molecular formula is C16H15N3O4S. The molecule has 0 spiro atoms. The SMILES string of the molecule is Cc1nc(C(=O)N2CCNC(=O)C2c2cccs2)ccc1C(=O)O. The summed E-state index contributed by atoms with van der Waals surface area (Å²) < 4.78 is 0. The second-order valence-electron chi connectivity index (χ2n) is 5.34. The van der Waals surface area contributed by atoms with Crippen LogP contribution in [0.2, 0.25) is 0 Å². The largest absolute Gasteiger partial charge is 0.478 e. The normalized spacial score (nSPS) is 17.5. The Morgan fingerprint density at radius 3 is 2.79 bits per heavy atom. The zero-order valence-electron chi connectivity index (χ0n) is 12.9. The van der Waals surface area contributed by atoms with Crippen LogP contribution in [0.25, 0.3) is 0 Å². The molecule has 1 atom stereocenters. The summed E-state index contributed by atoms with van der Waals surface area (Å²) in [5.74, 6) is -1.70. The Hall–Kier alpha value is -2.74. The number of amides is 2. The van der Waals surface area contributed by atoms with Crippen molar-refractivity contribution >= 4 is 29.1 Å². The molecule has 1 saturated heterocycles. The topological polar surface area (TPSA) is 99.6 Å². The molecule has 1 unspecified atom stereocenters. The fourth-order valence-corrected chi connectivity index (χ4v) is 3.50. The van der Waals surface area contributed by atoms with Crippen molar-refractivity contribution in [2.24, 2.45) is 0 Å². The lowest BCUT2D eigenvalue weighted by atomic mass is 10.1. The van der Waals surface area contributed by atoms with E-state index in [1.165, 1.54) is 28.4 Å². The van der Waals surface area contributed by atoms with Crippen molar-refractivity contribution in [2.75, 3.05) is 13.1 Å². The summed E-state index contributed by atoms with van der Waals surface area (Å²) in [6.45, 7) is 2.28. The number of hydrogen-bond donors (Lipinski definition) is 2. The van der Waals surface area contributed by atoms with Gasteiger partial charge in [0.1, 0.15) is 11.7 Å². The molecule has 1 aliphatic heterocycles. The number of nitrogens with one attached hydrogen (secondary N) is 1. The van der Waals surface area contributed by atoms with Crippen LogP contribution in [-0.2, 0) is 4.79 Å². The van der Waals surface area contributed by atoms with E-state index in [-0.39, 0.29) is 28.8 Å². The molecule has 8 heteroatoms. The van der Waals surface area contributed by atoms with E-state index in [4.69, 9.17) is 5.11 Å². The molecule has 0 aromatic carbocycles. The summed E-state index contributed by atoms with van der Waals surface area (Å²) in [5.41, 5.74) is 0.453. The zero-order valence-corrected chi connectivity index (χ0v) is 13.7. The Balaban J connectivity index is 1.94. The zero-order chi connectivity index (χ0) is 17.3. The first-order valence-electron chi connectivity index (χ1n) is 7.32. The second-order valence-corrected chi connectivity index (χ2v) is 6.32. The Kier molecular flexibility index (Phi) is 4.30. The first-order valence-corrected chi connectivity index (χ1v) is 8.20. The summed E-state index contributed by atoms with van der Waals surface area (Å²) in [6, 6.07) is 5.70. The molecule has 2 amide bonds. The number of hydrogen-bond acceptors (Lipinski definition) is 5. The van der Waals surface area contributed by atoms with Gasteiger partial charge in [0.2, 0.25) is 5.91 Å². The predicted octanol–water partition coefficient (Wildman–Crippen LogP) is 1.46. The third kappa shape index (κ3) is 2.88. The molecule has 1 aliphatic rings. The van der Waals surface area contributed by atoms with Gasteiger partial charge in [-0.2, -0.15) is 0 Å². The van der Waals surface area contributed by atoms with Crippen LogP contribution in [0.5, 0.6) is 0 Å². The van der Waals surface area contributed by atoms with Crippen LogP contribution < -0.4 is 5.32 Å². The number of aromatic carboxylic acids is 1. The van der Waals surface area contributed by atoms with Crippen molar-refractivity contribution in [3.05, 3.63) is 51.5 Å². The fourth-order valence-electron chi connectivity index (χ4n) is 2.67. The number of carbonyl (C=O) groups is 3. The maximum Gasteiger partial charge on any atom is 0.337 e. The van der Waals surface area contributed by atoms with Crippen LogP contribution in [0, 0.1) is 6.92 Å². The van der Waals surface area contributed by atoms with Crippen molar-refractivity contribution in [2.45, 2.75) is 13.0 Å². The van der Waals surface area contributed by atoms with Gasteiger partial charge in [0.05, 0.1) is 11.3 Å². The molecular weight excluding hydrogens is 330 g/mol. The number of carboxylic acid groups (broad SMARTS) is 1. The summed E-state index contributed by atoms with van der Waals surface area (Å²) in [5, 5.41) is 13.7. The lowest BCUT2D eigenvalue weighted by Gasteiger charge is -2.34. The molecule has 2 aromatic rings. The Morgan fingerprint density at radius 1 is 1.38 bits per heavy atom. The van der Waals surface area contributed by atoms with E-state index >= 15 is 0 Å². The van der Waals surface area contributed by atoms with Crippen LogP contribution >= 0.6 is 11.3 Å². The molecule has 2 N–H and O–H groups in total. The summed E-state index contributed by atoms with van der Waals surface area (Å²) in [4.78, 5) is 42.5. The average Bonchev–Trinajstić information content (AvgIpc) is 3.07. The van der Waals surface area contributed by atoms with Crippen LogP contribution in [-0.4, -0.2) is 45.9 Å². The quantitative estimate of drug-likeness (QED) is 0.877. The predicted molar refractivity (Wildman–Crippen MR) is 87.0 cm³/mol. The van der Waals surface area contributed by atoms with Gasteiger partial charge in [0.25, 0.3) is 5.91 Å². The number of carboxylic acids is 1. The van der Waals surface area contributed by atoms with Gasteiger partial charge in [0, 0.05) is 18.0 Å². The standard InChI is InChI=1S/C16H15N3O4S/c1-9-10(16(22)23)4-5-11(18-9)15(21)19-7-6-17-14(20)13(19)12-3-2-8-24-12/h2-5,8,13H,6-7H2,1H3,(H,17,20)(H,22,23). The maximum atomic E-state index is 12.8. The van der Waals surface area contributed by atoms with Crippen molar-refractivity contribution in [1.29, 1.82) is 0 Å². The minimum atomic E-state index is -1.09. The molecule has 0 aliphatic carbocycles. The van der Waals surface area contributed by atoms with Gasteiger partial charge in [-0.15, -0.1) is 11.3 Å². The molecule has 0 radical (unpaired) electrons. The number of thiophene rings is 1. The van der Waals surface area contributed by atoms with Crippen LogP contribution in [0.1, 0.15) is 37.5 Å². The van der Waals surface area contributed by atoms with E-state index in [0.29, 0.717) is 13.1 Å². The van der Waals surface area contributed by atoms with Gasteiger partial charge in [-0.1, -0.05) is 6.07 Å². The van der Waals surface area contributed by atoms with Crippen LogP contribution in [0.3, 0.4) is 0 Å². The summed E-state index contributed by atoms with van der Waals surface area (Å²) in [7, 11) is 0. The fraction of sp³-hybridized carbons (Fsp3) is 0.250. The van der Waals surface area contributed by atoms with E-state index in [1.54, 1.807) is 6.92 Å². The van der Waals surface area contributed by atoms with Crippen molar-refractivity contribution in [1.82, 2.24) is 15.2 Å². The monoisotopic (exact) mass is 345 g/mol. The highest BCUT2D eigenvalue weighted by Crippen LogP contribution is 2.28. The van der Waals surface area contributed by atoms with E-state index < -0.39 is 12.0 Å². The molecule has 3 heterocycles. The molecule has 3 rings (SSSR count). The number of aromatic nitrogens is 1. The Bertz CT molecular complexity index is 804. The van der Waals surface area contributed by atoms with Crippen LogP contribution in [0.4, 0.5) is 0 Å². The van der Waals surface area contributed by atoms with E-state index in [1.807, 2.05) is 17.5 Å². The lowest BCUT2D eigenvalue weighted by Crippen LogP contribution is -2.52. The first kappa shape index (κ1) is 16.1. The molecule has 0 bridgehead atoms. The number of pyridine rings is 1.